The van der Waals surface area contributed by atoms with Gasteiger partial charge in [-0.1, -0.05) is 41.4 Å². The number of benzene rings is 2. The minimum Gasteiger partial charge on any atom is -0.456 e. The van der Waals surface area contributed by atoms with Gasteiger partial charge in [0.15, 0.2) is 0 Å². The summed E-state index contributed by atoms with van der Waals surface area (Å²) in [5.41, 5.74) is 1.04. The van der Waals surface area contributed by atoms with E-state index in [1.165, 1.54) is 18.2 Å². The van der Waals surface area contributed by atoms with Gasteiger partial charge in [0.05, 0.1) is 22.1 Å². The Bertz CT molecular complexity index is 1060. The standard InChI is InChI=1S/C19H10Cl2N2O3/c20-13-5-7-16(18(10-13)23(24)25)19-8-6-14(26-19)9-12(11-22)15-3-1-2-4-17(15)21/h1-10H. The van der Waals surface area contributed by atoms with Gasteiger partial charge < -0.3 is 4.42 Å². The molecule has 0 fully saturated rings. The SMILES string of the molecule is N#CC(=Cc1ccc(-c2ccc(Cl)cc2[N+](=O)[O-])o1)c1ccccc1Cl. The molecule has 0 unspecified atom stereocenters. The van der Waals surface area contributed by atoms with Crippen LogP contribution in [0, 0.1) is 21.4 Å². The van der Waals surface area contributed by atoms with Gasteiger partial charge in [-0.15, -0.1) is 0 Å². The molecule has 0 spiro atoms. The number of hydrogen-bond acceptors (Lipinski definition) is 4. The third-order valence-electron chi connectivity index (χ3n) is 3.62. The van der Waals surface area contributed by atoms with E-state index >= 15 is 0 Å². The van der Waals surface area contributed by atoms with E-state index in [2.05, 4.69) is 6.07 Å². The van der Waals surface area contributed by atoms with Crippen molar-refractivity contribution in [3.05, 3.63) is 86.1 Å². The lowest BCUT2D eigenvalue weighted by molar-refractivity contribution is -0.384. The molecule has 0 atom stereocenters. The quantitative estimate of drug-likeness (QED) is 0.303. The molecule has 0 bridgehead atoms. The lowest BCUT2D eigenvalue weighted by Crippen LogP contribution is -1.91. The van der Waals surface area contributed by atoms with Gasteiger partial charge in [-0.25, -0.2) is 0 Å². The largest absolute Gasteiger partial charge is 0.456 e. The summed E-state index contributed by atoms with van der Waals surface area (Å²) in [7, 11) is 0. The number of nitriles is 1. The first-order valence-corrected chi connectivity index (χ1v) is 8.16. The Morgan fingerprint density at radius 3 is 2.62 bits per heavy atom. The van der Waals surface area contributed by atoms with Crippen molar-refractivity contribution in [3.8, 4) is 17.4 Å². The van der Waals surface area contributed by atoms with Crippen LogP contribution in [-0.2, 0) is 0 Å². The average molecular weight is 385 g/mol. The van der Waals surface area contributed by atoms with Crippen LogP contribution < -0.4 is 0 Å². The topological polar surface area (TPSA) is 80.1 Å². The van der Waals surface area contributed by atoms with Crippen LogP contribution in [0.2, 0.25) is 10.0 Å². The third kappa shape index (κ3) is 3.62. The molecule has 1 heterocycles. The Morgan fingerprint density at radius 1 is 1.15 bits per heavy atom. The zero-order chi connectivity index (χ0) is 18.7. The van der Waals surface area contributed by atoms with E-state index in [1.54, 1.807) is 42.5 Å². The van der Waals surface area contributed by atoms with Crippen molar-refractivity contribution in [3.63, 3.8) is 0 Å². The van der Waals surface area contributed by atoms with Crippen LogP contribution in [0.5, 0.6) is 0 Å². The van der Waals surface area contributed by atoms with Gasteiger partial charge in [-0.3, -0.25) is 10.1 Å². The number of nitrogens with zero attached hydrogens (tertiary/aromatic N) is 2. The lowest BCUT2D eigenvalue weighted by atomic mass is 10.1. The number of furan rings is 1. The van der Waals surface area contributed by atoms with E-state index in [-0.39, 0.29) is 10.7 Å². The molecule has 0 saturated heterocycles. The Morgan fingerprint density at radius 2 is 1.92 bits per heavy atom. The molecule has 1 aromatic heterocycles. The molecule has 0 aliphatic rings. The first kappa shape index (κ1) is 17.7. The fourth-order valence-corrected chi connectivity index (χ4v) is 2.84. The van der Waals surface area contributed by atoms with Crippen LogP contribution in [-0.4, -0.2) is 4.92 Å². The summed E-state index contributed by atoms with van der Waals surface area (Å²) in [6.45, 7) is 0. The highest BCUT2D eigenvalue weighted by Crippen LogP contribution is 2.34. The molecule has 0 saturated carbocycles. The monoisotopic (exact) mass is 384 g/mol. The normalized spacial score (nSPS) is 11.2. The summed E-state index contributed by atoms with van der Waals surface area (Å²) in [6, 6.07) is 16.6. The Balaban J connectivity index is 2.02. The zero-order valence-electron chi connectivity index (χ0n) is 13.1. The van der Waals surface area contributed by atoms with Crippen LogP contribution >= 0.6 is 23.2 Å². The van der Waals surface area contributed by atoms with Gasteiger partial charge in [-0.05, 0) is 36.4 Å². The molecule has 0 aliphatic heterocycles. The fraction of sp³-hybridized carbons (Fsp3) is 0. The van der Waals surface area contributed by atoms with Gasteiger partial charge in [0, 0.05) is 21.7 Å². The molecule has 0 N–H and O–H groups in total. The van der Waals surface area contributed by atoms with Gasteiger partial charge in [0.1, 0.15) is 11.5 Å². The van der Waals surface area contributed by atoms with Gasteiger partial charge in [-0.2, -0.15) is 5.26 Å². The maximum Gasteiger partial charge on any atom is 0.281 e. The fourth-order valence-electron chi connectivity index (χ4n) is 2.43. The van der Waals surface area contributed by atoms with Crippen molar-refractivity contribution in [2.45, 2.75) is 0 Å². The second-order valence-corrected chi connectivity index (χ2v) is 6.11. The molecule has 5 nitrogen and oxygen atoms in total. The zero-order valence-corrected chi connectivity index (χ0v) is 14.7. The lowest BCUT2D eigenvalue weighted by Gasteiger charge is -2.02. The highest BCUT2D eigenvalue weighted by molar-refractivity contribution is 6.32. The first-order chi connectivity index (χ1) is 12.5. The molecule has 2 aromatic carbocycles. The molecule has 0 radical (unpaired) electrons. The maximum atomic E-state index is 11.2. The summed E-state index contributed by atoms with van der Waals surface area (Å²) >= 11 is 12.0. The number of hydrogen-bond donors (Lipinski definition) is 0. The maximum absolute atomic E-state index is 11.2. The predicted octanol–water partition coefficient (Wildman–Crippen LogP) is 6.23. The van der Waals surface area contributed by atoms with Crippen LogP contribution in [0.4, 0.5) is 5.69 Å². The van der Waals surface area contributed by atoms with E-state index in [9.17, 15) is 15.4 Å². The van der Waals surface area contributed by atoms with Crippen molar-refractivity contribution in [2.24, 2.45) is 0 Å². The average Bonchev–Trinajstić information content (AvgIpc) is 3.08. The first-order valence-electron chi connectivity index (χ1n) is 7.40. The number of halogens is 2. The highest BCUT2D eigenvalue weighted by Gasteiger charge is 2.18. The number of allylic oxidation sites excluding steroid dienone is 1. The van der Waals surface area contributed by atoms with Crippen molar-refractivity contribution in [2.75, 3.05) is 0 Å². The Labute approximate surface area is 158 Å². The second kappa shape index (κ2) is 7.44. The van der Waals surface area contributed by atoms with E-state index in [0.717, 1.165) is 0 Å². The molecule has 3 rings (SSSR count). The molecule has 128 valence electrons. The summed E-state index contributed by atoms with van der Waals surface area (Å²) in [5.74, 6) is 0.678. The van der Waals surface area contributed by atoms with Crippen molar-refractivity contribution in [1.29, 1.82) is 5.26 Å². The minimum atomic E-state index is -0.524. The number of nitro groups is 1. The molecule has 26 heavy (non-hydrogen) atoms. The third-order valence-corrected chi connectivity index (χ3v) is 4.18. The smallest absolute Gasteiger partial charge is 0.281 e. The Hall–Kier alpha value is -3.07. The van der Waals surface area contributed by atoms with Crippen molar-refractivity contribution in [1.82, 2.24) is 0 Å². The molecule has 7 heteroatoms. The van der Waals surface area contributed by atoms with Crippen LogP contribution in [0.3, 0.4) is 0 Å². The van der Waals surface area contributed by atoms with Crippen molar-refractivity contribution >= 4 is 40.5 Å². The van der Waals surface area contributed by atoms with E-state index in [4.69, 9.17) is 27.6 Å². The molecule has 3 aromatic rings. The summed E-state index contributed by atoms with van der Waals surface area (Å²) < 4.78 is 5.68. The minimum absolute atomic E-state index is 0.158. The van der Waals surface area contributed by atoms with Gasteiger partial charge >= 0.3 is 0 Å². The summed E-state index contributed by atoms with van der Waals surface area (Å²) in [4.78, 5) is 10.7. The van der Waals surface area contributed by atoms with Crippen LogP contribution in [0.15, 0.2) is 59.0 Å². The van der Waals surface area contributed by atoms with Gasteiger partial charge in [0.25, 0.3) is 5.69 Å². The number of nitro benzene ring substituents is 1. The molecular weight excluding hydrogens is 375 g/mol. The van der Waals surface area contributed by atoms with Crippen molar-refractivity contribution < 1.29 is 9.34 Å². The molecule has 0 aliphatic carbocycles. The molecule has 0 amide bonds. The number of rotatable bonds is 4. The van der Waals surface area contributed by atoms with E-state index in [0.29, 0.717) is 33.2 Å². The van der Waals surface area contributed by atoms with E-state index in [1.807, 2.05) is 0 Å². The predicted molar refractivity (Wildman–Crippen MR) is 101 cm³/mol. The second-order valence-electron chi connectivity index (χ2n) is 5.27. The van der Waals surface area contributed by atoms with Crippen LogP contribution in [0.25, 0.3) is 23.0 Å². The summed E-state index contributed by atoms with van der Waals surface area (Å²) in [5, 5.41) is 21.4. The van der Waals surface area contributed by atoms with Gasteiger partial charge in [0.2, 0.25) is 0 Å². The summed E-state index contributed by atoms with van der Waals surface area (Å²) in [6.07, 6.45) is 1.53. The Kier molecular flexibility index (Phi) is 5.08. The molecular formula is C19H10Cl2N2O3. The van der Waals surface area contributed by atoms with Crippen LogP contribution in [0.1, 0.15) is 11.3 Å². The highest BCUT2D eigenvalue weighted by atomic mass is 35.5. The van der Waals surface area contributed by atoms with E-state index < -0.39 is 4.92 Å².